The zero-order valence-corrected chi connectivity index (χ0v) is 19.5. The van der Waals surface area contributed by atoms with Crippen LogP contribution in [0.1, 0.15) is 58.9 Å². The number of hydrogen-bond acceptors (Lipinski definition) is 5. The predicted molar refractivity (Wildman–Crippen MR) is 126 cm³/mol. The highest BCUT2D eigenvalue weighted by molar-refractivity contribution is 6.05. The van der Waals surface area contributed by atoms with Gasteiger partial charge in [-0.05, 0) is 67.6 Å². The number of H-pyrrole nitrogens is 1. The second kappa shape index (κ2) is 8.77. The zero-order chi connectivity index (χ0) is 25.0. The summed E-state index contributed by atoms with van der Waals surface area (Å²) in [6.07, 6.45) is 1.97. The molecule has 3 amide bonds. The fraction of sp³-hybridized carbons (Fsp3) is 0.385. The Labute approximate surface area is 205 Å². The van der Waals surface area contributed by atoms with Crippen LogP contribution in [-0.4, -0.2) is 56.6 Å². The molecule has 0 bridgehead atoms. The number of nitrogens with zero attached hydrogens (tertiary/aromatic N) is 3. The maximum atomic E-state index is 15.1. The third-order valence-corrected chi connectivity index (χ3v) is 7.54. The van der Waals surface area contributed by atoms with Crippen molar-refractivity contribution < 1.29 is 23.2 Å². The first-order valence-electron chi connectivity index (χ1n) is 12.2. The van der Waals surface area contributed by atoms with Gasteiger partial charge in [0.1, 0.15) is 23.5 Å². The second-order valence-electron chi connectivity index (χ2n) is 9.83. The van der Waals surface area contributed by atoms with Gasteiger partial charge in [-0.1, -0.05) is 6.07 Å². The molecule has 186 valence electrons. The first-order valence-corrected chi connectivity index (χ1v) is 12.2. The molecule has 3 aromatic rings. The molecular weight excluding hydrogens is 468 g/mol. The number of halogens is 2. The summed E-state index contributed by atoms with van der Waals surface area (Å²) in [6, 6.07) is 6.85. The zero-order valence-electron chi connectivity index (χ0n) is 19.5. The van der Waals surface area contributed by atoms with E-state index in [-0.39, 0.29) is 42.9 Å². The van der Waals surface area contributed by atoms with E-state index in [4.69, 9.17) is 0 Å². The number of benzene rings is 2. The van der Waals surface area contributed by atoms with Gasteiger partial charge < -0.3 is 9.88 Å². The number of carbonyl (C=O) groups excluding carboxylic acids is 3. The Morgan fingerprint density at radius 3 is 2.61 bits per heavy atom. The number of fused-ring (bicyclic) bond motifs is 2. The lowest BCUT2D eigenvalue weighted by atomic mass is 9.87. The number of aromatic amines is 1. The molecule has 3 aliphatic rings. The Hall–Kier alpha value is -3.66. The molecule has 1 atom stereocenters. The average molecular weight is 494 g/mol. The molecule has 2 saturated heterocycles. The Morgan fingerprint density at radius 2 is 1.83 bits per heavy atom. The van der Waals surface area contributed by atoms with Crippen LogP contribution >= 0.6 is 0 Å². The normalized spacial score (nSPS) is 21.3. The molecule has 4 heterocycles. The number of nitrogens with one attached hydrogen (secondary N) is 2. The van der Waals surface area contributed by atoms with Crippen molar-refractivity contribution in [3.8, 4) is 0 Å². The van der Waals surface area contributed by atoms with Crippen LogP contribution in [0, 0.1) is 11.6 Å². The van der Waals surface area contributed by atoms with Crippen molar-refractivity contribution in [3.05, 3.63) is 64.5 Å². The van der Waals surface area contributed by atoms with E-state index in [0.29, 0.717) is 23.2 Å². The van der Waals surface area contributed by atoms with E-state index in [1.807, 2.05) is 0 Å². The Balaban J connectivity index is 1.13. The Morgan fingerprint density at radius 1 is 1.03 bits per heavy atom. The van der Waals surface area contributed by atoms with Crippen molar-refractivity contribution in [2.75, 3.05) is 13.1 Å². The molecule has 1 unspecified atom stereocenters. The third-order valence-electron chi connectivity index (χ3n) is 7.54. The van der Waals surface area contributed by atoms with Crippen LogP contribution < -0.4 is 5.32 Å². The smallest absolute Gasteiger partial charge is 0.255 e. The quantitative estimate of drug-likeness (QED) is 0.545. The Kier molecular flexibility index (Phi) is 5.55. The molecule has 6 rings (SSSR count). The summed E-state index contributed by atoms with van der Waals surface area (Å²) >= 11 is 0. The molecule has 8 nitrogen and oxygen atoms in total. The lowest BCUT2D eigenvalue weighted by Gasteiger charge is -2.32. The van der Waals surface area contributed by atoms with Crippen molar-refractivity contribution in [1.82, 2.24) is 25.1 Å². The maximum Gasteiger partial charge on any atom is 0.255 e. The van der Waals surface area contributed by atoms with Crippen LogP contribution in [0.3, 0.4) is 0 Å². The fourth-order valence-corrected chi connectivity index (χ4v) is 5.64. The minimum absolute atomic E-state index is 0.0241. The standard InChI is InChI=1S/C26H25F2N5O3/c27-16-1-2-20-21(10-16)30-23(29-20)13-32-7-5-14(6-8-32)17-9-15-12-33(26(36)18(15)11-19(17)28)22-3-4-24(34)31-25(22)35/h1-2,9-11,14,22H,3-8,12-13H2,(H,29,30)(H,31,34,35). The fourth-order valence-electron chi connectivity index (χ4n) is 5.64. The lowest BCUT2D eigenvalue weighted by Crippen LogP contribution is -2.52. The number of amides is 3. The molecule has 2 N–H and O–H groups in total. The van der Waals surface area contributed by atoms with Gasteiger partial charge in [0.2, 0.25) is 11.8 Å². The molecule has 3 aliphatic heterocycles. The summed E-state index contributed by atoms with van der Waals surface area (Å²) in [5, 5.41) is 2.29. The number of carbonyl (C=O) groups is 3. The minimum Gasteiger partial charge on any atom is -0.341 e. The van der Waals surface area contributed by atoms with Gasteiger partial charge in [-0.3, -0.25) is 24.6 Å². The van der Waals surface area contributed by atoms with Gasteiger partial charge in [-0.25, -0.2) is 13.8 Å². The van der Waals surface area contributed by atoms with Crippen LogP contribution in [0.5, 0.6) is 0 Å². The van der Waals surface area contributed by atoms with E-state index >= 15 is 4.39 Å². The van der Waals surface area contributed by atoms with Crippen molar-refractivity contribution in [1.29, 1.82) is 0 Å². The highest BCUT2D eigenvalue weighted by atomic mass is 19.1. The van der Waals surface area contributed by atoms with Crippen LogP contribution in [-0.2, 0) is 22.7 Å². The molecule has 0 saturated carbocycles. The van der Waals surface area contributed by atoms with E-state index in [0.717, 1.165) is 42.8 Å². The van der Waals surface area contributed by atoms with Crippen LogP contribution in [0.15, 0.2) is 30.3 Å². The number of imidazole rings is 1. The second-order valence-corrected chi connectivity index (χ2v) is 9.83. The molecule has 0 radical (unpaired) electrons. The van der Waals surface area contributed by atoms with E-state index in [1.54, 1.807) is 12.1 Å². The molecule has 0 spiro atoms. The Bertz CT molecular complexity index is 1400. The van der Waals surface area contributed by atoms with Crippen molar-refractivity contribution in [2.45, 2.75) is 50.7 Å². The first-order chi connectivity index (χ1) is 17.4. The number of likely N-dealkylation sites (tertiary alicyclic amines) is 1. The number of hydrogen-bond donors (Lipinski definition) is 2. The number of aromatic nitrogens is 2. The van der Waals surface area contributed by atoms with Gasteiger partial charge in [-0.15, -0.1) is 0 Å². The number of rotatable bonds is 4. The summed E-state index contributed by atoms with van der Waals surface area (Å²) in [6.45, 7) is 2.35. The van der Waals surface area contributed by atoms with E-state index in [9.17, 15) is 18.8 Å². The maximum absolute atomic E-state index is 15.1. The minimum atomic E-state index is -0.716. The van der Waals surface area contributed by atoms with E-state index < -0.39 is 17.8 Å². The summed E-state index contributed by atoms with van der Waals surface area (Å²) in [4.78, 5) is 48.0. The van der Waals surface area contributed by atoms with Crippen LogP contribution in [0.25, 0.3) is 11.0 Å². The van der Waals surface area contributed by atoms with Gasteiger partial charge in [0.25, 0.3) is 5.91 Å². The summed E-state index contributed by atoms with van der Waals surface area (Å²) in [5.41, 5.74) is 3.01. The molecule has 2 aromatic carbocycles. The van der Waals surface area contributed by atoms with Crippen molar-refractivity contribution in [2.24, 2.45) is 0 Å². The molecule has 1 aromatic heterocycles. The molecule has 10 heteroatoms. The topological polar surface area (TPSA) is 98.4 Å². The van der Waals surface area contributed by atoms with Gasteiger partial charge in [0, 0.05) is 24.6 Å². The van der Waals surface area contributed by atoms with Gasteiger partial charge in [-0.2, -0.15) is 0 Å². The van der Waals surface area contributed by atoms with Gasteiger partial charge in [0.05, 0.1) is 17.6 Å². The summed E-state index contributed by atoms with van der Waals surface area (Å²) in [5.74, 6) is -1.11. The number of imide groups is 1. The molecule has 2 fully saturated rings. The van der Waals surface area contributed by atoms with Gasteiger partial charge >= 0.3 is 0 Å². The van der Waals surface area contributed by atoms with Gasteiger partial charge in [0.15, 0.2) is 0 Å². The van der Waals surface area contributed by atoms with E-state index in [2.05, 4.69) is 20.2 Å². The van der Waals surface area contributed by atoms with Crippen LogP contribution in [0.2, 0.25) is 0 Å². The average Bonchev–Trinajstić information content (AvgIpc) is 3.39. The highest BCUT2D eigenvalue weighted by Crippen LogP contribution is 2.35. The third kappa shape index (κ3) is 4.05. The number of piperidine rings is 2. The molecule has 36 heavy (non-hydrogen) atoms. The van der Waals surface area contributed by atoms with Crippen LogP contribution in [0.4, 0.5) is 8.78 Å². The summed E-state index contributed by atoms with van der Waals surface area (Å²) < 4.78 is 28.6. The van der Waals surface area contributed by atoms with E-state index in [1.165, 1.54) is 23.1 Å². The summed E-state index contributed by atoms with van der Waals surface area (Å²) in [7, 11) is 0. The first kappa shape index (κ1) is 22.8. The van der Waals surface area contributed by atoms with Crippen molar-refractivity contribution >= 4 is 28.8 Å². The molecule has 0 aliphatic carbocycles. The monoisotopic (exact) mass is 493 g/mol. The predicted octanol–water partition coefficient (Wildman–Crippen LogP) is 2.98. The largest absolute Gasteiger partial charge is 0.341 e. The van der Waals surface area contributed by atoms with Crippen molar-refractivity contribution in [3.63, 3.8) is 0 Å². The lowest BCUT2D eigenvalue weighted by molar-refractivity contribution is -0.136. The SMILES string of the molecule is O=C1CCC(N2Cc3cc(C4CCN(Cc5nc6cc(F)ccc6[nH]5)CC4)c(F)cc3C2=O)C(=O)N1. The highest BCUT2D eigenvalue weighted by Gasteiger charge is 2.40. The molecular formula is C26H25F2N5O3.